The van der Waals surface area contributed by atoms with E-state index < -0.39 is 10.0 Å². The molecule has 2 rings (SSSR count). The minimum atomic E-state index is -3.44. The molecular formula is C13H19BrN2O2S. The van der Waals surface area contributed by atoms with Crippen LogP contribution in [0.5, 0.6) is 0 Å². The van der Waals surface area contributed by atoms with E-state index in [-0.39, 0.29) is 6.04 Å². The highest BCUT2D eigenvalue weighted by atomic mass is 79.9. The SMILES string of the molecule is Cc1ccc(Br)cc1S(=O)(=O)NC1CCCN(C)C1. The number of sulfonamides is 1. The fourth-order valence-corrected chi connectivity index (χ4v) is 4.45. The van der Waals surface area contributed by atoms with Crippen molar-refractivity contribution in [3.8, 4) is 0 Å². The van der Waals surface area contributed by atoms with Crippen LogP contribution in [0.15, 0.2) is 27.6 Å². The summed E-state index contributed by atoms with van der Waals surface area (Å²) in [7, 11) is -1.42. The Morgan fingerprint density at radius 3 is 2.84 bits per heavy atom. The van der Waals surface area contributed by atoms with E-state index in [4.69, 9.17) is 0 Å². The van der Waals surface area contributed by atoms with Gasteiger partial charge in [0.15, 0.2) is 0 Å². The van der Waals surface area contributed by atoms with E-state index in [1.54, 1.807) is 6.07 Å². The van der Waals surface area contributed by atoms with E-state index >= 15 is 0 Å². The normalized spacial score (nSPS) is 21.5. The molecule has 0 saturated carbocycles. The van der Waals surface area contributed by atoms with Crippen molar-refractivity contribution in [3.63, 3.8) is 0 Å². The molecule has 106 valence electrons. The molecule has 1 N–H and O–H groups in total. The summed E-state index contributed by atoms with van der Waals surface area (Å²) in [5.41, 5.74) is 0.764. The van der Waals surface area contributed by atoms with Crippen molar-refractivity contribution < 1.29 is 8.42 Å². The summed E-state index contributed by atoms with van der Waals surface area (Å²) in [5.74, 6) is 0. The second kappa shape index (κ2) is 5.91. The molecule has 0 radical (unpaired) electrons. The number of likely N-dealkylation sites (tertiary alicyclic amines) is 1. The molecule has 0 aromatic heterocycles. The average Bonchev–Trinajstić information content (AvgIpc) is 2.31. The molecule has 1 saturated heterocycles. The van der Waals surface area contributed by atoms with Crippen LogP contribution in [0.25, 0.3) is 0 Å². The number of nitrogens with one attached hydrogen (secondary N) is 1. The predicted octanol–water partition coefficient (Wildman–Crippen LogP) is 2.13. The summed E-state index contributed by atoms with van der Waals surface area (Å²) < 4.78 is 28.5. The van der Waals surface area contributed by atoms with Crippen LogP contribution in [0.4, 0.5) is 0 Å². The Kier molecular flexibility index (Phi) is 4.66. The van der Waals surface area contributed by atoms with Crippen LogP contribution in [-0.4, -0.2) is 39.5 Å². The molecule has 0 bridgehead atoms. The topological polar surface area (TPSA) is 49.4 Å². The van der Waals surface area contributed by atoms with Crippen LogP contribution in [0.3, 0.4) is 0 Å². The third kappa shape index (κ3) is 3.78. The second-order valence-corrected chi connectivity index (χ2v) is 7.73. The minimum Gasteiger partial charge on any atom is -0.305 e. The van der Waals surface area contributed by atoms with Gasteiger partial charge in [-0.1, -0.05) is 22.0 Å². The zero-order valence-electron chi connectivity index (χ0n) is 11.2. The van der Waals surface area contributed by atoms with Gasteiger partial charge in [-0.05, 0) is 51.1 Å². The van der Waals surface area contributed by atoms with Gasteiger partial charge < -0.3 is 4.90 Å². The van der Waals surface area contributed by atoms with Crippen LogP contribution in [-0.2, 0) is 10.0 Å². The first-order valence-electron chi connectivity index (χ1n) is 6.35. The average molecular weight is 347 g/mol. The van der Waals surface area contributed by atoms with Gasteiger partial charge >= 0.3 is 0 Å². The van der Waals surface area contributed by atoms with Gasteiger partial charge in [-0.25, -0.2) is 13.1 Å². The molecule has 1 heterocycles. The van der Waals surface area contributed by atoms with Gasteiger partial charge in [0.2, 0.25) is 10.0 Å². The van der Waals surface area contributed by atoms with E-state index in [0.29, 0.717) is 4.90 Å². The van der Waals surface area contributed by atoms with Crippen LogP contribution >= 0.6 is 15.9 Å². The lowest BCUT2D eigenvalue weighted by Crippen LogP contribution is -2.46. The van der Waals surface area contributed by atoms with Crippen molar-refractivity contribution in [3.05, 3.63) is 28.2 Å². The lowest BCUT2D eigenvalue weighted by molar-refractivity contribution is 0.242. The quantitative estimate of drug-likeness (QED) is 0.911. The summed E-state index contributed by atoms with van der Waals surface area (Å²) in [6.07, 6.45) is 1.93. The molecule has 6 heteroatoms. The number of piperidine rings is 1. The number of hydrogen-bond acceptors (Lipinski definition) is 3. The van der Waals surface area contributed by atoms with Crippen molar-refractivity contribution in [1.82, 2.24) is 9.62 Å². The number of benzene rings is 1. The molecule has 19 heavy (non-hydrogen) atoms. The molecule has 0 aliphatic carbocycles. The maximum absolute atomic E-state index is 12.4. The fourth-order valence-electron chi connectivity index (χ4n) is 2.41. The summed E-state index contributed by atoms with van der Waals surface area (Å²) in [6.45, 7) is 3.62. The number of rotatable bonds is 3. The lowest BCUT2D eigenvalue weighted by atomic mass is 10.1. The minimum absolute atomic E-state index is 0.00197. The molecule has 1 aromatic rings. The molecule has 1 aromatic carbocycles. The number of likely N-dealkylation sites (N-methyl/N-ethyl adjacent to an activating group) is 1. The van der Waals surface area contributed by atoms with Gasteiger partial charge in [-0.2, -0.15) is 0 Å². The number of hydrogen-bond donors (Lipinski definition) is 1. The van der Waals surface area contributed by atoms with Crippen LogP contribution < -0.4 is 4.72 Å². The number of aryl methyl sites for hydroxylation is 1. The van der Waals surface area contributed by atoms with E-state index in [9.17, 15) is 8.42 Å². The van der Waals surface area contributed by atoms with Gasteiger partial charge in [-0.15, -0.1) is 0 Å². The van der Waals surface area contributed by atoms with Crippen molar-refractivity contribution >= 4 is 26.0 Å². The lowest BCUT2D eigenvalue weighted by Gasteiger charge is -2.30. The van der Waals surface area contributed by atoms with Gasteiger partial charge in [0.25, 0.3) is 0 Å². The maximum Gasteiger partial charge on any atom is 0.241 e. The smallest absolute Gasteiger partial charge is 0.241 e. The van der Waals surface area contributed by atoms with Gasteiger partial charge in [-0.3, -0.25) is 0 Å². The standard InChI is InChI=1S/C13H19BrN2O2S/c1-10-5-6-11(14)8-13(10)19(17,18)15-12-4-3-7-16(2)9-12/h5-6,8,12,15H,3-4,7,9H2,1-2H3. The largest absolute Gasteiger partial charge is 0.305 e. The van der Waals surface area contributed by atoms with Crippen molar-refractivity contribution in [2.75, 3.05) is 20.1 Å². The summed E-state index contributed by atoms with van der Waals surface area (Å²) in [6, 6.07) is 5.32. The van der Waals surface area contributed by atoms with Gasteiger partial charge in [0, 0.05) is 17.1 Å². The molecule has 1 atom stereocenters. The van der Waals surface area contributed by atoms with E-state index in [1.165, 1.54) is 0 Å². The summed E-state index contributed by atoms with van der Waals surface area (Å²) in [4.78, 5) is 2.51. The highest BCUT2D eigenvalue weighted by molar-refractivity contribution is 9.10. The van der Waals surface area contributed by atoms with E-state index in [2.05, 4.69) is 25.6 Å². The molecule has 4 nitrogen and oxygen atoms in total. The summed E-state index contributed by atoms with van der Waals surface area (Å²) >= 11 is 3.32. The molecule has 1 fully saturated rings. The Balaban J connectivity index is 2.20. The van der Waals surface area contributed by atoms with Gasteiger partial charge in [0.05, 0.1) is 4.90 Å². The fraction of sp³-hybridized carbons (Fsp3) is 0.538. The molecule has 1 aliphatic rings. The Labute approximate surface area is 123 Å². The van der Waals surface area contributed by atoms with E-state index in [1.807, 2.05) is 26.1 Å². The first kappa shape index (κ1) is 15.0. The maximum atomic E-state index is 12.4. The third-order valence-corrected chi connectivity index (χ3v) is 5.54. The molecule has 1 unspecified atom stereocenters. The zero-order chi connectivity index (χ0) is 14.0. The zero-order valence-corrected chi connectivity index (χ0v) is 13.6. The third-order valence-electron chi connectivity index (χ3n) is 3.39. The Bertz CT molecular complexity index is 560. The first-order chi connectivity index (χ1) is 8.88. The molecule has 0 spiro atoms. The first-order valence-corrected chi connectivity index (χ1v) is 8.63. The highest BCUT2D eigenvalue weighted by Crippen LogP contribution is 2.21. The predicted molar refractivity (Wildman–Crippen MR) is 79.7 cm³/mol. The van der Waals surface area contributed by atoms with Crippen LogP contribution in [0.1, 0.15) is 18.4 Å². The second-order valence-electron chi connectivity index (χ2n) is 5.13. The summed E-state index contributed by atoms with van der Waals surface area (Å²) in [5, 5.41) is 0. The van der Waals surface area contributed by atoms with Crippen LogP contribution in [0, 0.1) is 6.92 Å². The Morgan fingerprint density at radius 2 is 2.16 bits per heavy atom. The van der Waals surface area contributed by atoms with Gasteiger partial charge in [0.1, 0.15) is 0 Å². The molecule has 1 aliphatic heterocycles. The monoisotopic (exact) mass is 346 g/mol. The Hall–Kier alpha value is -0.430. The number of halogens is 1. The van der Waals surface area contributed by atoms with Crippen molar-refractivity contribution in [2.45, 2.75) is 30.7 Å². The van der Waals surface area contributed by atoms with Crippen molar-refractivity contribution in [1.29, 1.82) is 0 Å². The molecular weight excluding hydrogens is 328 g/mol. The Morgan fingerprint density at radius 1 is 1.42 bits per heavy atom. The molecule has 0 amide bonds. The van der Waals surface area contributed by atoms with Crippen LogP contribution in [0.2, 0.25) is 0 Å². The highest BCUT2D eigenvalue weighted by Gasteiger charge is 2.24. The van der Waals surface area contributed by atoms with E-state index in [0.717, 1.165) is 36.0 Å². The van der Waals surface area contributed by atoms with Crippen molar-refractivity contribution in [2.24, 2.45) is 0 Å². The number of nitrogens with zero attached hydrogens (tertiary/aromatic N) is 1.